The Morgan fingerprint density at radius 2 is 1.71 bits per heavy atom. The van der Waals surface area contributed by atoms with Crippen LogP contribution in [0.4, 0.5) is 18.9 Å². The highest BCUT2D eigenvalue weighted by atomic mass is 35.5. The fourth-order valence-electron chi connectivity index (χ4n) is 3.95. The summed E-state index contributed by atoms with van der Waals surface area (Å²) in [7, 11) is 2.91. The molecule has 1 N–H and O–H groups in total. The second kappa shape index (κ2) is 14.3. The lowest BCUT2D eigenvalue weighted by molar-refractivity contribution is -0.274. The lowest BCUT2D eigenvalue weighted by Gasteiger charge is -2.27. The van der Waals surface area contributed by atoms with Gasteiger partial charge in [0.15, 0.2) is 0 Å². The van der Waals surface area contributed by atoms with Crippen LogP contribution in [0.5, 0.6) is 17.2 Å². The number of benzene rings is 3. The largest absolute Gasteiger partial charge is 0.573 e. The fraction of sp³-hybridized carbons (Fsp3) is 0.241. The van der Waals surface area contributed by atoms with E-state index in [2.05, 4.69) is 4.74 Å². The third kappa shape index (κ3) is 8.31. The van der Waals surface area contributed by atoms with Crippen LogP contribution in [0.25, 0.3) is 0 Å². The Hall–Kier alpha value is -3.93. The number of anilines is 1. The lowest BCUT2D eigenvalue weighted by atomic mass is 9.98. The molecule has 0 fully saturated rings. The first-order chi connectivity index (χ1) is 19.9. The molecule has 3 rings (SSSR count). The molecule has 0 radical (unpaired) electrons. The molecule has 224 valence electrons. The molecule has 0 bridgehead atoms. The van der Waals surface area contributed by atoms with E-state index in [4.69, 9.17) is 37.4 Å². The number of hydrogen-bond acceptors (Lipinski definition) is 7. The number of nitrogens with zero attached hydrogens (tertiary/aromatic N) is 1. The Labute approximate surface area is 249 Å². The van der Waals surface area contributed by atoms with Crippen LogP contribution in [0.15, 0.2) is 66.7 Å². The summed E-state index contributed by atoms with van der Waals surface area (Å²) < 4.78 is 58.3. The van der Waals surface area contributed by atoms with Crippen LogP contribution in [0.3, 0.4) is 0 Å². The Balaban J connectivity index is 2.15. The molecule has 0 spiro atoms. The van der Waals surface area contributed by atoms with Gasteiger partial charge in [0, 0.05) is 39.9 Å². The summed E-state index contributed by atoms with van der Waals surface area (Å²) in [5.74, 6) is -1.31. The summed E-state index contributed by atoms with van der Waals surface area (Å²) in [5.41, 5.74) is 0.518. The summed E-state index contributed by atoms with van der Waals surface area (Å²) in [6.07, 6.45) is -4.75. The Morgan fingerprint density at radius 3 is 2.36 bits per heavy atom. The Bertz CT molecular complexity index is 1460. The number of alkyl halides is 3. The average molecular weight is 628 g/mol. The Morgan fingerprint density at radius 1 is 0.976 bits per heavy atom. The first-order valence-electron chi connectivity index (χ1n) is 12.3. The summed E-state index contributed by atoms with van der Waals surface area (Å²) in [5, 5.41) is 11.1. The van der Waals surface area contributed by atoms with Gasteiger partial charge in [-0.1, -0.05) is 35.3 Å². The summed E-state index contributed by atoms with van der Waals surface area (Å²) in [6, 6.07) is 12.7. The van der Waals surface area contributed by atoms with Crippen molar-refractivity contribution in [1.82, 2.24) is 0 Å². The van der Waals surface area contributed by atoms with Crippen LogP contribution in [0, 0.1) is 0 Å². The minimum atomic E-state index is -5.03. The number of esters is 1. The van der Waals surface area contributed by atoms with Crippen LogP contribution in [0.1, 0.15) is 29.7 Å². The predicted octanol–water partition coefficient (Wildman–Crippen LogP) is 6.64. The van der Waals surface area contributed by atoms with Gasteiger partial charge in [-0.3, -0.25) is 4.79 Å². The zero-order chi connectivity index (χ0) is 31.0. The number of methoxy groups -OCH3 is 2. The van der Waals surface area contributed by atoms with Crippen molar-refractivity contribution in [3.8, 4) is 17.2 Å². The van der Waals surface area contributed by atoms with Gasteiger partial charge in [0.05, 0.1) is 38.1 Å². The zero-order valence-electron chi connectivity index (χ0n) is 22.6. The van der Waals surface area contributed by atoms with Crippen LogP contribution < -0.4 is 19.1 Å². The zero-order valence-corrected chi connectivity index (χ0v) is 24.1. The second-order valence-corrected chi connectivity index (χ2v) is 9.31. The van der Waals surface area contributed by atoms with Crippen LogP contribution >= 0.6 is 23.2 Å². The van der Waals surface area contributed by atoms with Crippen molar-refractivity contribution in [2.75, 3.05) is 25.7 Å². The van der Waals surface area contributed by atoms with E-state index in [1.807, 2.05) is 0 Å². The number of aliphatic hydroxyl groups is 1. The van der Waals surface area contributed by atoms with Gasteiger partial charge in [-0.2, -0.15) is 0 Å². The fourth-order valence-corrected chi connectivity index (χ4v) is 4.40. The molecule has 3 aromatic rings. The van der Waals surface area contributed by atoms with E-state index in [0.717, 1.165) is 18.2 Å². The molecular formula is C29H26Cl2F3NO7. The van der Waals surface area contributed by atoms with E-state index in [1.165, 1.54) is 49.5 Å². The molecule has 0 aliphatic heterocycles. The lowest BCUT2D eigenvalue weighted by Crippen LogP contribution is -2.30. The van der Waals surface area contributed by atoms with Gasteiger partial charge in [-0.25, -0.2) is 4.79 Å². The maximum absolute atomic E-state index is 13.5. The third-order valence-electron chi connectivity index (χ3n) is 5.83. The van der Waals surface area contributed by atoms with E-state index >= 15 is 0 Å². The van der Waals surface area contributed by atoms with Crippen molar-refractivity contribution in [2.45, 2.75) is 25.9 Å². The molecule has 0 saturated heterocycles. The van der Waals surface area contributed by atoms with E-state index in [1.54, 1.807) is 25.1 Å². The number of carbonyl (C=O) groups excluding carboxylic acids is 2. The Kier molecular flexibility index (Phi) is 11.1. The maximum Gasteiger partial charge on any atom is 0.573 e. The molecule has 0 heterocycles. The van der Waals surface area contributed by atoms with Crippen molar-refractivity contribution < 1.29 is 46.8 Å². The number of carbonyl (C=O) groups is 2. The van der Waals surface area contributed by atoms with Gasteiger partial charge >= 0.3 is 12.3 Å². The van der Waals surface area contributed by atoms with Crippen molar-refractivity contribution >= 4 is 40.8 Å². The monoisotopic (exact) mass is 627 g/mol. The molecule has 0 aliphatic rings. The number of hydrogen-bond donors (Lipinski definition) is 1. The second-order valence-electron chi connectivity index (χ2n) is 8.50. The van der Waals surface area contributed by atoms with Crippen LogP contribution in [-0.2, 0) is 20.9 Å². The minimum absolute atomic E-state index is 0.0268. The highest BCUT2D eigenvalue weighted by Gasteiger charge is 2.33. The van der Waals surface area contributed by atoms with Crippen molar-refractivity contribution in [3.63, 3.8) is 0 Å². The van der Waals surface area contributed by atoms with Gasteiger partial charge in [0.1, 0.15) is 23.4 Å². The maximum atomic E-state index is 13.5. The predicted molar refractivity (Wildman–Crippen MR) is 150 cm³/mol. The summed E-state index contributed by atoms with van der Waals surface area (Å²) >= 11 is 12.5. The number of aliphatic hydroxyl groups excluding tert-OH is 1. The van der Waals surface area contributed by atoms with Gasteiger partial charge in [0.2, 0.25) is 0 Å². The van der Waals surface area contributed by atoms with Crippen molar-refractivity contribution in [3.05, 3.63) is 93.5 Å². The highest BCUT2D eigenvalue weighted by molar-refractivity contribution is 6.33. The molecule has 0 aromatic heterocycles. The topological polar surface area (TPSA) is 94.5 Å². The van der Waals surface area contributed by atoms with E-state index in [-0.39, 0.29) is 35.0 Å². The highest BCUT2D eigenvalue weighted by Crippen LogP contribution is 2.41. The first-order valence-corrected chi connectivity index (χ1v) is 13.0. The standard InChI is InChI=1S/C29H26Cl2F3NO7/c1-4-41-26(37)13-12-25(36)35(16-17-8-10-19(39-2)15-24(17)40-3)22-11-9-18(30)14-21(22)28(38)20-6-5-7-23(27(20)31)42-29(32,33)34/h5-15,28,38H,4,16H2,1-3H3. The molecule has 1 unspecified atom stereocenters. The van der Waals surface area contributed by atoms with Gasteiger partial charge < -0.3 is 29.0 Å². The molecule has 8 nitrogen and oxygen atoms in total. The summed E-state index contributed by atoms with van der Waals surface area (Å²) in [4.78, 5) is 26.7. The van der Waals surface area contributed by atoms with E-state index in [9.17, 15) is 27.9 Å². The number of amides is 1. The quantitative estimate of drug-likeness (QED) is 0.188. The third-order valence-corrected chi connectivity index (χ3v) is 6.47. The molecule has 0 aliphatic carbocycles. The van der Waals surface area contributed by atoms with E-state index < -0.39 is 35.1 Å². The van der Waals surface area contributed by atoms with Crippen LogP contribution in [0.2, 0.25) is 10.0 Å². The first kappa shape index (κ1) is 32.6. The van der Waals surface area contributed by atoms with Crippen molar-refractivity contribution in [1.29, 1.82) is 0 Å². The number of halogens is 5. The number of rotatable bonds is 11. The van der Waals surface area contributed by atoms with E-state index in [0.29, 0.717) is 17.1 Å². The molecule has 1 atom stereocenters. The van der Waals surface area contributed by atoms with Crippen LogP contribution in [-0.4, -0.2) is 44.2 Å². The SMILES string of the molecule is CCOC(=O)C=CC(=O)N(Cc1ccc(OC)cc1OC)c1ccc(Cl)cc1C(O)c1cccc(OC(F)(F)F)c1Cl. The molecule has 1 amide bonds. The smallest absolute Gasteiger partial charge is 0.497 e. The normalized spacial score (nSPS) is 12.1. The molecule has 3 aromatic carbocycles. The summed E-state index contributed by atoms with van der Waals surface area (Å²) in [6.45, 7) is 1.57. The van der Waals surface area contributed by atoms with Gasteiger partial charge in [0.25, 0.3) is 5.91 Å². The molecule has 13 heteroatoms. The molecular weight excluding hydrogens is 602 g/mol. The van der Waals surface area contributed by atoms with Crippen molar-refractivity contribution in [2.24, 2.45) is 0 Å². The van der Waals surface area contributed by atoms with Gasteiger partial charge in [-0.05, 0) is 43.3 Å². The number of ether oxygens (including phenoxy) is 4. The average Bonchev–Trinajstić information content (AvgIpc) is 2.95. The molecule has 42 heavy (non-hydrogen) atoms. The molecule has 0 saturated carbocycles. The van der Waals surface area contributed by atoms with Gasteiger partial charge in [-0.15, -0.1) is 13.2 Å². The minimum Gasteiger partial charge on any atom is -0.497 e.